The number of aromatic nitrogens is 7. The molecule has 28 nitrogen and oxygen atoms in total. The van der Waals surface area contributed by atoms with E-state index in [1.54, 1.807) is 18.2 Å². The molecule has 0 aliphatic carbocycles. The van der Waals surface area contributed by atoms with Crippen LogP contribution >= 0.6 is 23.2 Å². The number of phenolic OH excluding ortho intramolecular Hbond substituents is 2. The molecule has 3 aliphatic heterocycles. The Hall–Kier alpha value is -6.38. The number of H-pyrrole nitrogens is 1. The Balaban J connectivity index is 0.760. The van der Waals surface area contributed by atoms with Gasteiger partial charge in [0.05, 0.1) is 24.7 Å². The molecule has 3 unspecified atom stereocenters. The van der Waals surface area contributed by atoms with Crippen LogP contribution in [0.1, 0.15) is 56.5 Å². The molecule has 9 rings (SSSR count). The number of phenols is 2. The number of aliphatic hydroxyl groups excluding tert-OH is 2. The number of anilines is 1. The first-order chi connectivity index (χ1) is 32.1. The number of esters is 1. The Bertz CT molecular complexity index is 3180. The maximum Gasteiger partial charge on any atom is 0.488 e. The van der Waals surface area contributed by atoms with E-state index in [1.165, 1.54) is 36.4 Å². The van der Waals surface area contributed by atoms with E-state index in [0.717, 1.165) is 21.8 Å². The van der Waals surface area contributed by atoms with Crippen molar-refractivity contribution in [3.63, 3.8) is 0 Å². The number of unbranched alkanes of at least 4 members (excludes halogenated alkanes) is 1. The number of amides is 1. The summed E-state index contributed by atoms with van der Waals surface area (Å²) in [6.07, 6.45) is -4.05. The van der Waals surface area contributed by atoms with Crippen molar-refractivity contribution < 1.29 is 85.7 Å². The third-order valence-corrected chi connectivity index (χ3v) is 15.5. The van der Waals surface area contributed by atoms with E-state index in [-0.39, 0.29) is 64.3 Å². The minimum Gasteiger partial charge on any atom is -0.508 e. The lowest BCUT2D eigenvalue weighted by atomic mass is 9.77. The fourth-order valence-electron chi connectivity index (χ4n) is 7.82. The van der Waals surface area contributed by atoms with E-state index < -0.39 is 82.9 Å². The predicted octanol–water partition coefficient (Wildman–Crippen LogP) is 0.863. The number of rotatable bonds is 15. The number of fused-ring (bicyclic) bond motifs is 7. The second-order valence-corrected chi connectivity index (χ2v) is 20.3. The minimum absolute atomic E-state index is 0.0510. The average Bonchev–Trinajstić information content (AvgIpc) is 4.04. The molecule has 6 aromatic rings. The molecule has 3 aromatic heterocycles. The van der Waals surface area contributed by atoms with E-state index in [2.05, 4.69) is 43.7 Å². The van der Waals surface area contributed by atoms with Gasteiger partial charge in [-0.25, -0.2) is 23.2 Å². The summed E-state index contributed by atoms with van der Waals surface area (Å²) in [6.45, 7) is -0.888. The third-order valence-electron chi connectivity index (χ3n) is 10.8. The molecule has 11 N–H and O–H groups in total. The molecular weight excluding hydrogens is 967 g/mol. The van der Waals surface area contributed by atoms with E-state index in [9.17, 15) is 63.2 Å². The van der Waals surface area contributed by atoms with Crippen LogP contribution in [0.5, 0.6) is 23.0 Å². The first-order valence-corrected chi connectivity index (χ1v) is 24.4. The lowest BCUT2D eigenvalue weighted by Crippen LogP contribution is -2.33. The number of hydrogen-bond donors (Lipinski definition) is 10. The maximum atomic E-state index is 13.4. The van der Waals surface area contributed by atoms with Crippen molar-refractivity contribution in [3.8, 4) is 23.0 Å². The number of benzene rings is 3. The Morgan fingerprint density at radius 1 is 0.912 bits per heavy atom. The van der Waals surface area contributed by atoms with Gasteiger partial charge in [0.25, 0.3) is 11.5 Å². The van der Waals surface area contributed by atoms with Crippen molar-refractivity contribution in [1.82, 2.24) is 39.8 Å². The number of phosphoric acid groups is 2. The normalized spacial score (nSPS) is 21.8. The summed E-state index contributed by atoms with van der Waals surface area (Å²) in [5, 5.41) is 51.3. The summed E-state index contributed by atoms with van der Waals surface area (Å²) in [6, 6.07) is 13.1. The largest absolute Gasteiger partial charge is 0.508 e. The highest BCUT2D eigenvalue weighted by Crippen LogP contribution is 2.67. The van der Waals surface area contributed by atoms with Gasteiger partial charge in [-0.2, -0.15) is 9.29 Å². The van der Waals surface area contributed by atoms with Crippen LogP contribution in [-0.2, 0) is 48.5 Å². The summed E-state index contributed by atoms with van der Waals surface area (Å²) in [5.41, 5.74) is 3.63. The molecule has 1 amide bonds. The topological polar surface area (TPSA) is 415 Å². The molecule has 1 fully saturated rings. The van der Waals surface area contributed by atoms with Crippen LogP contribution in [0.15, 0.2) is 71.9 Å². The van der Waals surface area contributed by atoms with Crippen molar-refractivity contribution >= 4 is 57.7 Å². The van der Waals surface area contributed by atoms with Gasteiger partial charge in [0.1, 0.15) is 41.3 Å². The van der Waals surface area contributed by atoms with Crippen LogP contribution in [0.4, 0.5) is 5.95 Å². The van der Waals surface area contributed by atoms with E-state index in [1.807, 2.05) is 0 Å². The molecule has 0 bridgehead atoms. The van der Waals surface area contributed by atoms with Crippen molar-refractivity contribution in [2.24, 2.45) is 0 Å². The minimum atomic E-state index is -5.91. The number of carbonyl (C=O) groups excluding carboxylic acids is 2. The summed E-state index contributed by atoms with van der Waals surface area (Å²) in [7, 11) is -16.9. The molecule has 7 atom stereocenters. The standard InChI is InChI=1S/C37H36N9O19P3/c38-36-41-31-28(33(52)42-36)40-16-46(31)34-30(50)29(49)26(62-34)15-60-67(56,57)65-68(58,59)64-66(54,55)27-14-45(44-43-27)10-2-1-9-39-32(51)17-3-6-21-20(11-17)35(53)63-37(21)22-7-4-18(47)12-24(22)61-25-13-19(48)5-8-23(25)37/h3-8,11-14,16,26,29-30,34,47-50H,1-2,9-10,15H2,(H,39,51)(H,54,55)(H,56,57)(H,58,59)(H3,38,41,42,52)/t26-,29-,30-,34-/m1/s1. The van der Waals surface area contributed by atoms with Gasteiger partial charge in [0.15, 0.2) is 28.4 Å². The van der Waals surface area contributed by atoms with Gasteiger partial charge in [-0.05, 0) is 49.2 Å². The second kappa shape index (κ2) is 17.3. The van der Waals surface area contributed by atoms with Crippen molar-refractivity contribution in [2.75, 3.05) is 18.9 Å². The Kier molecular flexibility index (Phi) is 11.9. The van der Waals surface area contributed by atoms with Gasteiger partial charge < -0.3 is 60.4 Å². The number of nitrogens with zero attached hydrogens (tertiary/aromatic N) is 6. The van der Waals surface area contributed by atoms with Crippen LogP contribution in [0.3, 0.4) is 0 Å². The van der Waals surface area contributed by atoms with Crippen molar-refractivity contribution in [1.29, 1.82) is 0 Å². The van der Waals surface area contributed by atoms with Crippen molar-refractivity contribution in [3.05, 3.63) is 105 Å². The zero-order valence-corrected chi connectivity index (χ0v) is 37.0. The number of aromatic hydroxyl groups is 2. The summed E-state index contributed by atoms with van der Waals surface area (Å²) in [5.74, 6) is -1.38. The number of aliphatic hydroxyl groups is 2. The molecule has 358 valence electrons. The number of imidazole rings is 1. The second-order valence-electron chi connectivity index (χ2n) is 15.3. The van der Waals surface area contributed by atoms with Crippen LogP contribution in [-0.4, -0.2) is 113 Å². The highest BCUT2D eigenvalue weighted by molar-refractivity contribution is 7.71. The number of hydrogen-bond acceptors (Lipinski definition) is 21. The van der Waals surface area contributed by atoms with Gasteiger partial charge in [0.2, 0.25) is 5.95 Å². The van der Waals surface area contributed by atoms with Gasteiger partial charge in [-0.3, -0.25) is 32.9 Å². The maximum absolute atomic E-state index is 13.4. The van der Waals surface area contributed by atoms with Crippen molar-refractivity contribution in [2.45, 2.75) is 49.5 Å². The zero-order valence-electron chi connectivity index (χ0n) is 34.3. The first kappa shape index (κ1) is 46.7. The number of nitrogens with one attached hydrogen (secondary N) is 2. The molecule has 0 radical (unpaired) electrons. The number of ether oxygens (including phenoxy) is 3. The molecule has 1 spiro atoms. The molecule has 31 heteroatoms. The van der Waals surface area contributed by atoms with E-state index in [4.69, 9.17) is 19.9 Å². The van der Waals surface area contributed by atoms with E-state index in [0.29, 0.717) is 29.5 Å². The Morgan fingerprint density at radius 3 is 2.31 bits per heavy atom. The molecule has 68 heavy (non-hydrogen) atoms. The summed E-state index contributed by atoms with van der Waals surface area (Å²) >= 11 is 0. The summed E-state index contributed by atoms with van der Waals surface area (Å²) < 4.78 is 71.0. The third kappa shape index (κ3) is 8.68. The van der Waals surface area contributed by atoms with Crippen LogP contribution < -0.4 is 26.8 Å². The van der Waals surface area contributed by atoms with Crippen LogP contribution in [0.2, 0.25) is 0 Å². The van der Waals surface area contributed by atoms with Gasteiger partial charge >= 0.3 is 29.2 Å². The Labute approximate surface area is 379 Å². The number of nitrogen functional groups attached to an aromatic ring is 1. The SMILES string of the molecule is Nc1nc2c(ncn2[C@@H]2O[C@H](COP(=O)(O)OP(=O)(O)OP(=O)(O)c3cn(CCCCNC(=O)c4ccc5c(c4)C(=O)OC54c5ccc(O)cc5Oc5cc(O)ccc54)nn3)[C@@H](O)[C@H]2O)c(=O)[nH]1. The molecule has 3 aliphatic rings. The zero-order chi connectivity index (χ0) is 48.5. The Morgan fingerprint density at radius 2 is 1.60 bits per heavy atom. The number of aromatic amines is 1. The van der Waals surface area contributed by atoms with E-state index >= 15 is 0 Å². The summed E-state index contributed by atoms with van der Waals surface area (Å²) in [4.78, 5) is 79.5. The lowest BCUT2D eigenvalue weighted by molar-refractivity contribution is -0.0503. The monoisotopic (exact) mass is 1000 g/mol. The number of aryl methyl sites for hydroxylation is 1. The number of carbonyl (C=O) groups is 2. The van der Waals surface area contributed by atoms with Crippen LogP contribution in [0, 0.1) is 0 Å². The lowest BCUT2D eigenvalue weighted by Gasteiger charge is -2.36. The van der Waals surface area contributed by atoms with Gasteiger partial charge in [-0.1, -0.05) is 11.3 Å². The molecule has 1 saturated heterocycles. The van der Waals surface area contributed by atoms with Gasteiger partial charge in [-0.15, -0.1) is 5.10 Å². The smallest absolute Gasteiger partial charge is 0.488 e. The molecule has 3 aromatic carbocycles. The molecule has 6 heterocycles. The first-order valence-electron chi connectivity index (χ1n) is 19.9. The van der Waals surface area contributed by atoms with Crippen LogP contribution in [0.25, 0.3) is 11.2 Å². The highest BCUT2D eigenvalue weighted by Gasteiger charge is 2.54. The molecular formula is C37H36N9O19P3. The number of phosphoric ester groups is 1. The fraction of sp³-hybridized carbons (Fsp3) is 0.270. The van der Waals surface area contributed by atoms with Gasteiger partial charge in [0, 0.05) is 47.5 Å². The number of nitrogens with two attached hydrogens (primary N) is 1. The predicted molar refractivity (Wildman–Crippen MR) is 225 cm³/mol. The average molecular weight is 1000 g/mol. The molecule has 0 saturated carbocycles. The fourth-order valence-corrected chi connectivity index (χ4v) is 11.7. The quantitative estimate of drug-likeness (QED) is 0.0387. The highest BCUT2D eigenvalue weighted by atomic mass is 31.3.